The van der Waals surface area contributed by atoms with Gasteiger partial charge in [-0.2, -0.15) is 0 Å². The van der Waals surface area contributed by atoms with E-state index in [0.717, 1.165) is 0 Å². The van der Waals surface area contributed by atoms with Crippen molar-refractivity contribution < 1.29 is 21.9 Å². The summed E-state index contributed by atoms with van der Waals surface area (Å²) in [6, 6.07) is 0. The van der Waals surface area contributed by atoms with Crippen LogP contribution in [0.1, 0.15) is 0 Å². The molecule has 0 spiro atoms. The minimum absolute atomic E-state index is 0. The molecule has 7 heavy (non-hydrogen) atoms. The van der Waals surface area contributed by atoms with Crippen molar-refractivity contribution in [2.75, 3.05) is 0 Å². The van der Waals surface area contributed by atoms with Crippen LogP contribution in [0, 0.1) is 0 Å². The summed E-state index contributed by atoms with van der Waals surface area (Å²) in [5.74, 6) is 0. The minimum atomic E-state index is 0. The Kier molecular flexibility index (Phi) is 3280. The third-order valence-electron chi connectivity index (χ3n) is 0. The molecule has 0 aliphatic heterocycles. The van der Waals surface area contributed by atoms with Crippen molar-refractivity contribution in [3.63, 3.8) is 0 Å². The SMILES string of the molecule is O.O.O.O.[Si].[Sn].[Sn]. The summed E-state index contributed by atoms with van der Waals surface area (Å²) in [6.45, 7) is 0. The van der Waals surface area contributed by atoms with Gasteiger partial charge in [0.25, 0.3) is 0 Å². The molecule has 0 aliphatic rings. The van der Waals surface area contributed by atoms with E-state index in [1.54, 1.807) is 0 Å². The van der Waals surface area contributed by atoms with Crippen LogP contribution in [0.5, 0.6) is 0 Å². The molecule has 0 aromatic heterocycles. The van der Waals surface area contributed by atoms with E-state index < -0.39 is 0 Å². The van der Waals surface area contributed by atoms with Gasteiger partial charge in [-0.25, -0.2) is 0 Å². The Bertz CT molecular complexity index is 9.65. The second kappa shape index (κ2) is 124. The minimum Gasteiger partial charge on any atom is -0.412 e. The van der Waals surface area contributed by atoms with Crippen molar-refractivity contribution in [2.45, 2.75) is 0 Å². The molecular weight excluding hydrogens is 330 g/mol. The van der Waals surface area contributed by atoms with Gasteiger partial charge in [0.05, 0.1) is 0 Å². The van der Waals surface area contributed by atoms with Crippen LogP contribution in [0.25, 0.3) is 0 Å². The Morgan fingerprint density at radius 3 is 0.429 bits per heavy atom. The molecule has 4 nitrogen and oxygen atoms in total. The zero-order valence-electron chi connectivity index (χ0n) is 3.50. The topological polar surface area (TPSA) is 126 Å². The second-order valence-corrected chi connectivity index (χ2v) is 0. The molecule has 44 valence electrons. The van der Waals surface area contributed by atoms with Gasteiger partial charge in [0.2, 0.25) is 0 Å². The van der Waals surface area contributed by atoms with Gasteiger partial charge in [-0.15, -0.1) is 0 Å². The first-order valence-electron chi connectivity index (χ1n) is 0. The summed E-state index contributed by atoms with van der Waals surface area (Å²) in [7, 11) is 0. The Hall–Kier alpha value is 1.65. The van der Waals surface area contributed by atoms with Gasteiger partial charge in [-0.3, -0.25) is 0 Å². The van der Waals surface area contributed by atoms with Gasteiger partial charge in [-0.1, -0.05) is 0 Å². The zero-order chi connectivity index (χ0) is 0. The first-order valence-corrected chi connectivity index (χ1v) is 0. The van der Waals surface area contributed by atoms with E-state index in [1.165, 1.54) is 0 Å². The van der Waals surface area contributed by atoms with Crippen LogP contribution in [0.4, 0.5) is 0 Å². The molecule has 0 heterocycles. The fourth-order valence-corrected chi connectivity index (χ4v) is 0. The van der Waals surface area contributed by atoms with E-state index in [9.17, 15) is 0 Å². The predicted octanol–water partition coefficient (Wildman–Crippen LogP) is -4.44. The monoisotopic (exact) mass is 340 g/mol. The maximum atomic E-state index is 0. The van der Waals surface area contributed by atoms with Gasteiger partial charge in [0.1, 0.15) is 0 Å². The summed E-state index contributed by atoms with van der Waals surface area (Å²) < 4.78 is 0. The average Bonchev–Trinajstić information content (AvgIpc) is 0. The molecule has 0 atom stereocenters. The van der Waals surface area contributed by atoms with E-state index in [2.05, 4.69) is 0 Å². The largest absolute Gasteiger partial charge is 0.412 e. The van der Waals surface area contributed by atoms with Crippen LogP contribution < -0.4 is 0 Å². The number of rotatable bonds is 0. The fourth-order valence-electron chi connectivity index (χ4n) is 0. The summed E-state index contributed by atoms with van der Waals surface area (Å²) >= 11 is 0. The van der Waals surface area contributed by atoms with E-state index in [-0.39, 0.29) is 80.7 Å². The molecule has 0 aromatic rings. The Labute approximate surface area is 80.2 Å². The standard InChI is InChI=1S/4H2O.Si.2Sn/h4*1H2;;;. The molecule has 0 bridgehead atoms. The maximum Gasteiger partial charge on any atom is 0 e. The van der Waals surface area contributed by atoms with Crippen LogP contribution in [0.2, 0.25) is 0 Å². The maximum absolute atomic E-state index is 0. The summed E-state index contributed by atoms with van der Waals surface area (Å²) in [5, 5.41) is 0. The first kappa shape index (κ1) is 185. The quantitative estimate of drug-likeness (QED) is 0.396. The molecule has 8 N–H and O–H groups in total. The van der Waals surface area contributed by atoms with Crippen molar-refractivity contribution in [3.05, 3.63) is 0 Å². The van der Waals surface area contributed by atoms with Crippen molar-refractivity contribution in [2.24, 2.45) is 0 Å². The molecule has 0 unspecified atom stereocenters. The second-order valence-electron chi connectivity index (χ2n) is 0. The van der Waals surface area contributed by atoms with Crippen molar-refractivity contribution >= 4 is 58.8 Å². The predicted molar refractivity (Wildman–Crippen MR) is 31.7 cm³/mol. The van der Waals surface area contributed by atoms with Gasteiger partial charge < -0.3 is 21.9 Å². The van der Waals surface area contributed by atoms with Gasteiger partial charge in [0, 0.05) is 58.8 Å². The summed E-state index contributed by atoms with van der Waals surface area (Å²) in [6.07, 6.45) is 0. The molecule has 0 saturated carbocycles. The Balaban J connectivity index is 0. The first-order chi connectivity index (χ1) is 0. The zero-order valence-corrected chi connectivity index (χ0v) is 10.2. The molecule has 0 aliphatic carbocycles. The normalized spacial score (nSPS) is 0. The molecule has 0 amide bonds. The Morgan fingerprint density at radius 2 is 0.429 bits per heavy atom. The number of hydrogen-bond acceptors (Lipinski definition) is 0. The van der Waals surface area contributed by atoms with E-state index in [1.807, 2.05) is 0 Å². The van der Waals surface area contributed by atoms with Gasteiger partial charge in [0.15, 0.2) is 0 Å². The fraction of sp³-hybridized carbons (Fsp3) is 0. The van der Waals surface area contributed by atoms with Crippen LogP contribution >= 0.6 is 0 Å². The number of hydrogen-bond donors (Lipinski definition) is 0. The molecule has 0 aromatic carbocycles. The third-order valence-corrected chi connectivity index (χ3v) is 0. The summed E-state index contributed by atoms with van der Waals surface area (Å²) in [4.78, 5) is 0. The van der Waals surface area contributed by atoms with Crippen LogP contribution in [-0.4, -0.2) is 80.7 Å². The molecule has 12 radical (unpaired) electrons. The molecule has 0 saturated heterocycles. The molecule has 0 fully saturated rings. The van der Waals surface area contributed by atoms with E-state index in [4.69, 9.17) is 0 Å². The van der Waals surface area contributed by atoms with Crippen molar-refractivity contribution in [1.29, 1.82) is 0 Å². The van der Waals surface area contributed by atoms with E-state index in [0.29, 0.717) is 0 Å². The Morgan fingerprint density at radius 1 is 0.429 bits per heavy atom. The van der Waals surface area contributed by atoms with E-state index >= 15 is 0 Å². The third kappa shape index (κ3) is 89.4. The van der Waals surface area contributed by atoms with Crippen LogP contribution in [0.15, 0.2) is 0 Å². The average molecular weight is 338 g/mol. The molecular formula is H8O4SiSn2. The van der Waals surface area contributed by atoms with Crippen LogP contribution in [0.3, 0.4) is 0 Å². The van der Waals surface area contributed by atoms with Crippen molar-refractivity contribution in [3.8, 4) is 0 Å². The van der Waals surface area contributed by atoms with Crippen LogP contribution in [-0.2, 0) is 0 Å². The van der Waals surface area contributed by atoms with Crippen molar-refractivity contribution in [1.82, 2.24) is 0 Å². The molecule has 7 heteroatoms. The van der Waals surface area contributed by atoms with Gasteiger partial charge in [-0.05, 0) is 0 Å². The summed E-state index contributed by atoms with van der Waals surface area (Å²) in [5.41, 5.74) is 0. The van der Waals surface area contributed by atoms with Gasteiger partial charge >= 0.3 is 0 Å². The molecule has 0 rings (SSSR count). The smallest absolute Gasteiger partial charge is 0 e.